The molecule has 1 aliphatic rings. The van der Waals surface area contributed by atoms with Crippen molar-refractivity contribution in [2.45, 2.75) is 50.4 Å². The van der Waals surface area contributed by atoms with E-state index in [1.54, 1.807) is 11.8 Å². The fraction of sp³-hybridized carbons (Fsp3) is 0.375. The predicted octanol–water partition coefficient (Wildman–Crippen LogP) is 2.30. The molecule has 1 aliphatic carbocycles. The minimum atomic E-state index is -0.994. The van der Waals surface area contributed by atoms with Gasteiger partial charge in [-0.05, 0) is 42.9 Å². The van der Waals surface area contributed by atoms with Gasteiger partial charge in [0.1, 0.15) is 12.3 Å². The van der Waals surface area contributed by atoms with Gasteiger partial charge in [0, 0.05) is 6.04 Å². The molecule has 0 aromatic heterocycles. The lowest BCUT2D eigenvalue weighted by Gasteiger charge is -2.40. The topological polar surface area (TPSA) is 107 Å². The van der Waals surface area contributed by atoms with Crippen LogP contribution in [-0.4, -0.2) is 58.0 Å². The first kappa shape index (κ1) is 22.7. The second kappa shape index (κ2) is 10.3. The summed E-state index contributed by atoms with van der Waals surface area (Å²) in [6.45, 7) is 1.46. The molecule has 0 bridgehead atoms. The highest BCUT2D eigenvalue weighted by Crippen LogP contribution is 2.39. The van der Waals surface area contributed by atoms with Gasteiger partial charge < -0.3 is 20.3 Å². The Morgan fingerprint density at radius 2 is 1.81 bits per heavy atom. The van der Waals surface area contributed by atoms with Crippen LogP contribution in [0.1, 0.15) is 36.1 Å². The molecule has 7 heteroatoms. The van der Waals surface area contributed by atoms with E-state index in [2.05, 4.69) is 5.32 Å². The molecule has 164 valence electrons. The van der Waals surface area contributed by atoms with Crippen LogP contribution in [0.4, 0.5) is 0 Å². The zero-order valence-corrected chi connectivity index (χ0v) is 17.5. The maximum atomic E-state index is 12.4. The van der Waals surface area contributed by atoms with Gasteiger partial charge in [0.25, 0.3) is 0 Å². The van der Waals surface area contributed by atoms with Gasteiger partial charge in [-0.2, -0.15) is 0 Å². The molecule has 0 fully saturated rings. The van der Waals surface area contributed by atoms with Crippen molar-refractivity contribution in [1.82, 2.24) is 10.2 Å². The number of aldehydes is 1. The average Bonchev–Trinajstić information content (AvgIpc) is 3.13. The summed E-state index contributed by atoms with van der Waals surface area (Å²) in [5.41, 5.74) is 3.00. The molecule has 0 saturated carbocycles. The van der Waals surface area contributed by atoms with Crippen LogP contribution in [0.2, 0.25) is 0 Å². The molecule has 0 saturated heterocycles. The highest BCUT2D eigenvalue weighted by Gasteiger charge is 2.43. The molecule has 4 atom stereocenters. The third kappa shape index (κ3) is 5.37. The van der Waals surface area contributed by atoms with Crippen LogP contribution < -0.4 is 5.32 Å². The number of carbonyl (C=O) groups is 3. The number of benzene rings is 2. The molecule has 0 spiro atoms. The summed E-state index contributed by atoms with van der Waals surface area (Å²) in [6.07, 6.45) is 2.22. The molecule has 0 radical (unpaired) electrons. The third-order valence-corrected chi connectivity index (χ3v) is 5.89. The van der Waals surface area contributed by atoms with Crippen molar-refractivity contribution >= 4 is 18.2 Å². The van der Waals surface area contributed by atoms with Crippen molar-refractivity contribution in [3.8, 4) is 0 Å². The van der Waals surface area contributed by atoms with Crippen LogP contribution in [0.5, 0.6) is 0 Å². The number of carboxylic acids is 2. The van der Waals surface area contributed by atoms with E-state index in [0.29, 0.717) is 19.3 Å². The minimum Gasteiger partial charge on any atom is -0.480 e. The Balaban J connectivity index is 1.95. The van der Waals surface area contributed by atoms with Gasteiger partial charge in [0.05, 0.1) is 18.6 Å². The van der Waals surface area contributed by atoms with Gasteiger partial charge in [-0.25, -0.2) is 0 Å². The average molecular weight is 424 g/mol. The smallest absolute Gasteiger partial charge is 0.320 e. The molecule has 3 unspecified atom stereocenters. The summed E-state index contributed by atoms with van der Waals surface area (Å²) in [7, 11) is 0. The molecule has 2 aromatic carbocycles. The van der Waals surface area contributed by atoms with Crippen LogP contribution in [0.15, 0.2) is 54.6 Å². The van der Waals surface area contributed by atoms with E-state index < -0.39 is 30.1 Å². The lowest BCUT2D eigenvalue weighted by atomic mass is 9.96. The molecule has 0 aliphatic heterocycles. The predicted molar refractivity (Wildman–Crippen MR) is 116 cm³/mol. The largest absolute Gasteiger partial charge is 0.480 e. The summed E-state index contributed by atoms with van der Waals surface area (Å²) in [5.74, 6) is -1.98. The molecule has 3 rings (SSSR count). The number of nitrogens with one attached hydrogen (secondary N) is 1. The summed E-state index contributed by atoms with van der Waals surface area (Å²) < 4.78 is 0. The number of aryl methyl sites for hydroxylation is 1. The van der Waals surface area contributed by atoms with Crippen molar-refractivity contribution in [2.24, 2.45) is 0 Å². The number of carboxylic acid groups (broad SMARTS) is 2. The maximum Gasteiger partial charge on any atom is 0.320 e. The molecular formula is C24H28N2O5. The summed E-state index contributed by atoms with van der Waals surface area (Å²) in [5, 5.41) is 22.3. The monoisotopic (exact) mass is 424 g/mol. The first-order chi connectivity index (χ1) is 14.9. The SMILES string of the molecule is C[C@@H](C=O)N(C(CCc1ccccc1)C(=O)O)C1c2ccccc2CC1NCC(=O)O. The van der Waals surface area contributed by atoms with Crippen molar-refractivity contribution in [3.63, 3.8) is 0 Å². The molecule has 31 heavy (non-hydrogen) atoms. The van der Waals surface area contributed by atoms with E-state index >= 15 is 0 Å². The van der Waals surface area contributed by atoms with Crippen molar-refractivity contribution in [3.05, 3.63) is 71.3 Å². The van der Waals surface area contributed by atoms with E-state index in [9.17, 15) is 19.5 Å². The molecule has 7 nitrogen and oxygen atoms in total. The summed E-state index contributed by atoms with van der Waals surface area (Å²) in [4.78, 5) is 37.1. The number of fused-ring (bicyclic) bond motifs is 1. The summed E-state index contributed by atoms with van der Waals surface area (Å²) >= 11 is 0. The number of aliphatic carboxylic acids is 2. The van der Waals surface area contributed by atoms with Gasteiger partial charge in [0.2, 0.25) is 0 Å². The maximum absolute atomic E-state index is 12.4. The Hall–Kier alpha value is -3.03. The second-order valence-corrected chi connectivity index (χ2v) is 7.93. The van der Waals surface area contributed by atoms with Crippen LogP contribution in [0.25, 0.3) is 0 Å². The summed E-state index contributed by atoms with van der Waals surface area (Å²) in [6, 6.07) is 15.1. The molecular weight excluding hydrogens is 396 g/mol. The number of nitrogens with zero attached hydrogens (tertiary/aromatic N) is 1. The first-order valence-corrected chi connectivity index (χ1v) is 10.4. The van der Waals surface area contributed by atoms with Crippen LogP contribution in [-0.2, 0) is 27.2 Å². The van der Waals surface area contributed by atoms with Crippen LogP contribution in [0, 0.1) is 0 Å². The zero-order valence-electron chi connectivity index (χ0n) is 17.5. The van der Waals surface area contributed by atoms with Crippen LogP contribution >= 0.6 is 0 Å². The Morgan fingerprint density at radius 3 is 2.45 bits per heavy atom. The molecule has 0 amide bonds. The van der Waals surface area contributed by atoms with Crippen molar-refractivity contribution < 1.29 is 24.6 Å². The van der Waals surface area contributed by atoms with E-state index in [4.69, 9.17) is 5.11 Å². The minimum absolute atomic E-state index is 0.236. The van der Waals surface area contributed by atoms with E-state index in [0.717, 1.165) is 23.0 Å². The molecule has 3 N–H and O–H groups in total. The lowest BCUT2D eigenvalue weighted by molar-refractivity contribution is -0.147. The van der Waals surface area contributed by atoms with Crippen molar-refractivity contribution in [1.29, 1.82) is 0 Å². The van der Waals surface area contributed by atoms with Crippen LogP contribution in [0.3, 0.4) is 0 Å². The van der Waals surface area contributed by atoms with E-state index in [1.807, 2.05) is 54.6 Å². The third-order valence-electron chi connectivity index (χ3n) is 5.89. The van der Waals surface area contributed by atoms with Gasteiger partial charge in [-0.3, -0.25) is 14.5 Å². The lowest BCUT2D eigenvalue weighted by Crippen LogP contribution is -2.54. The van der Waals surface area contributed by atoms with Gasteiger partial charge in [-0.1, -0.05) is 54.6 Å². The Kier molecular flexibility index (Phi) is 7.55. The number of rotatable bonds is 11. The quantitative estimate of drug-likeness (QED) is 0.475. The fourth-order valence-electron chi connectivity index (χ4n) is 4.49. The van der Waals surface area contributed by atoms with Gasteiger partial charge in [0.15, 0.2) is 0 Å². The number of carbonyl (C=O) groups excluding carboxylic acids is 1. The molecule has 0 heterocycles. The van der Waals surface area contributed by atoms with Gasteiger partial charge >= 0.3 is 11.9 Å². The number of hydrogen-bond donors (Lipinski definition) is 3. The van der Waals surface area contributed by atoms with E-state index in [1.165, 1.54) is 0 Å². The Bertz CT molecular complexity index is 917. The van der Waals surface area contributed by atoms with E-state index in [-0.39, 0.29) is 12.6 Å². The highest BCUT2D eigenvalue weighted by molar-refractivity contribution is 5.75. The standard InChI is InChI=1S/C24H28N2O5/c1-16(15-27)26(21(24(30)31)12-11-17-7-3-2-4-8-17)23-19-10-6-5-9-18(19)13-20(23)25-14-22(28)29/h2-10,15-16,20-21,23,25H,11-14H2,1H3,(H,28,29)(H,30,31)/t16-,20?,21?,23?/m0/s1. The zero-order chi connectivity index (χ0) is 22.4. The normalized spacial score (nSPS) is 19.5. The van der Waals surface area contributed by atoms with Gasteiger partial charge in [-0.15, -0.1) is 0 Å². The second-order valence-electron chi connectivity index (χ2n) is 7.93. The highest BCUT2D eigenvalue weighted by atomic mass is 16.4. The molecule has 2 aromatic rings. The Morgan fingerprint density at radius 1 is 1.13 bits per heavy atom. The fourth-order valence-corrected chi connectivity index (χ4v) is 4.49. The van der Waals surface area contributed by atoms with Crippen molar-refractivity contribution in [2.75, 3.05) is 6.54 Å². The first-order valence-electron chi connectivity index (χ1n) is 10.4. The number of hydrogen-bond acceptors (Lipinski definition) is 5. The Labute approximate surface area is 181 Å².